The number of piperidine rings is 1. The third-order valence-electron chi connectivity index (χ3n) is 3.87. The number of nitrogens with zero attached hydrogens (tertiary/aromatic N) is 2. The van der Waals surface area contributed by atoms with E-state index in [1.807, 2.05) is 17.7 Å². The first-order chi connectivity index (χ1) is 8.66. The number of imidazole rings is 1. The van der Waals surface area contributed by atoms with Crippen molar-refractivity contribution in [1.29, 1.82) is 0 Å². The van der Waals surface area contributed by atoms with E-state index in [0.717, 1.165) is 24.3 Å². The zero-order valence-corrected chi connectivity index (χ0v) is 10.8. The van der Waals surface area contributed by atoms with E-state index in [4.69, 9.17) is 0 Å². The summed E-state index contributed by atoms with van der Waals surface area (Å²) in [5.41, 5.74) is 1.35. The maximum absolute atomic E-state index is 13.7. The van der Waals surface area contributed by atoms with Gasteiger partial charge in [0.15, 0.2) is 5.82 Å². The van der Waals surface area contributed by atoms with E-state index < -0.39 is 0 Å². The fraction of sp³-hybridized carbons (Fsp3) is 0.500. The summed E-state index contributed by atoms with van der Waals surface area (Å²) in [6, 6.07) is 5.36. The van der Waals surface area contributed by atoms with Gasteiger partial charge in [-0.1, -0.05) is 13.0 Å². The van der Waals surface area contributed by atoms with Crippen molar-refractivity contribution in [3.63, 3.8) is 0 Å². The minimum absolute atomic E-state index is 0.238. The first-order valence-electron chi connectivity index (χ1n) is 6.51. The molecule has 1 fully saturated rings. The summed E-state index contributed by atoms with van der Waals surface area (Å²) in [6.45, 7) is 3.27. The van der Waals surface area contributed by atoms with Crippen molar-refractivity contribution in [2.75, 3.05) is 6.54 Å². The maximum Gasteiger partial charge on any atom is 0.151 e. The maximum atomic E-state index is 13.7. The van der Waals surface area contributed by atoms with Gasteiger partial charge in [0.1, 0.15) is 11.3 Å². The van der Waals surface area contributed by atoms with Gasteiger partial charge in [-0.2, -0.15) is 0 Å². The van der Waals surface area contributed by atoms with Crippen LogP contribution in [-0.2, 0) is 7.05 Å². The van der Waals surface area contributed by atoms with Crippen LogP contribution in [0.3, 0.4) is 0 Å². The molecule has 1 aromatic carbocycles. The van der Waals surface area contributed by atoms with Gasteiger partial charge in [-0.25, -0.2) is 9.37 Å². The van der Waals surface area contributed by atoms with Crippen molar-refractivity contribution in [2.45, 2.75) is 25.8 Å². The molecule has 2 unspecified atom stereocenters. The Labute approximate surface area is 106 Å². The van der Waals surface area contributed by atoms with Gasteiger partial charge < -0.3 is 9.88 Å². The van der Waals surface area contributed by atoms with Crippen LogP contribution >= 0.6 is 0 Å². The molecule has 96 valence electrons. The lowest BCUT2D eigenvalue weighted by atomic mass is 9.94. The van der Waals surface area contributed by atoms with Crippen molar-refractivity contribution in [3.05, 3.63) is 29.8 Å². The number of aryl methyl sites for hydroxylation is 1. The summed E-state index contributed by atoms with van der Waals surface area (Å²) >= 11 is 0. The standard InChI is InChI=1S/C14H18FN3/c1-9-6-7-16-11(8-9)14-17-13-10(15)4-3-5-12(13)18(14)2/h3-5,9,11,16H,6-8H2,1-2H3. The van der Waals surface area contributed by atoms with Crippen LogP contribution in [0.2, 0.25) is 0 Å². The molecule has 0 spiro atoms. The van der Waals surface area contributed by atoms with Crippen LogP contribution in [0.15, 0.2) is 18.2 Å². The highest BCUT2D eigenvalue weighted by atomic mass is 19.1. The molecular formula is C14H18FN3. The fourth-order valence-corrected chi connectivity index (χ4v) is 2.81. The molecule has 1 aromatic heterocycles. The van der Waals surface area contributed by atoms with E-state index in [1.165, 1.54) is 12.5 Å². The van der Waals surface area contributed by atoms with Gasteiger partial charge >= 0.3 is 0 Å². The highest BCUT2D eigenvalue weighted by Crippen LogP contribution is 2.28. The molecule has 1 aliphatic rings. The Hall–Kier alpha value is -1.42. The highest BCUT2D eigenvalue weighted by molar-refractivity contribution is 5.76. The predicted octanol–water partition coefficient (Wildman–Crippen LogP) is 2.77. The molecule has 0 aliphatic carbocycles. The second kappa shape index (κ2) is 4.35. The van der Waals surface area contributed by atoms with Crippen LogP contribution in [0, 0.1) is 11.7 Å². The molecular weight excluding hydrogens is 229 g/mol. The van der Waals surface area contributed by atoms with E-state index in [9.17, 15) is 4.39 Å². The molecule has 2 aromatic rings. The van der Waals surface area contributed by atoms with Crippen LogP contribution in [0.4, 0.5) is 4.39 Å². The quantitative estimate of drug-likeness (QED) is 0.839. The minimum Gasteiger partial charge on any atom is -0.330 e. The van der Waals surface area contributed by atoms with Crippen molar-refractivity contribution in [1.82, 2.24) is 14.9 Å². The zero-order chi connectivity index (χ0) is 12.7. The van der Waals surface area contributed by atoms with Crippen LogP contribution in [0.25, 0.3) is 11.0 Å². The van der Waals surface area contributed by atoms with Crippen LogP contribution < -0.4 is 5.32 Å². The number of benzene rings is 1. The van der Waals surface area contributed by atoms with E-state index in [0.29, 0.717) is 11.4 Å². The molecule has 1 saturated heterocycles. The van der Waals surface area contributed by atoms with E-state index in [1.54, 1.807) is 6.07 Å². The normalized spacial score (nSPS) is 24.6. The number of rotatable bonds is 1. The topological polar surface area (TPSA) is 29.9 Å². The Bertz CT molecular complexity index is 576. The largest absolute Gasteiger partial charge is 0.330 e. The molecule has 18 heavy (non-hydrogen) atoms. The number of nitrogens with one attached hydrogen (secondary N) is 1. The third kappa shape index (κ3) is 1.81. The molecule has 0 amide bonds. The smallest absolute Gasteiger partial charge is 0.151 e. The fourth-order valence-electron chi connectivity index (χ4n) is 2.81. The summed E-state index contributed by atoms with van der Waals surface area (Å²) in [7, 11) is 1.96. The van der Waals surface area contributed by atoms with Crippen LogP contribution in [0.5, 0.6) is 0 Å². The summed E-state index contributed by atoms with van der Waals surface area (Å²) in [5, 5.41) is 3.48. The molecule has 1 aliphatic heterocycles. The van der Waals surface area contributed by atoms with Gasteiger partial charge in [0.25, 0.3) is 0 Å². The van der Waals surface area contributed by atoms with E-state index >= 15 is 0 Å². The average Bonchev–Trinajstić information content (AvgIpc) is 2.69. The van der Waals surface area contributed by atoms with Crippen molar-refractivity contribution in [2.24, 2.45) is 13.0 Å². The van der Waals surface area contributed by atoms with E-state index in [2.05, 4.69) is 17.2 Å². The zero-order valence-electron chi connectivity index (χ0n) is 10.8. The molecule has 0 bridgehead atoms. The number of fused-ring (bicyclic) bond motifs is 1. The van der Waals surface area contributed by atoms with Gasteiger partial charge in [0.05, 0.1) is 11.6 Å². The lowest BCUT2D eigenvalue weighted by Gasteiger charge is -2.27. The van der Waals surface area contributed by atoms with Gasteiger partial charge in [-0.3, -0.25) is 0 Å². The van der Waals surface area contributed by atoms with Gasteiger partial charge in [0.2, 0.25) is 0 Å². The van der Waals surface area contributed by atoms with Crippen molar-refractivity contribution in [3.8, 4) is 0 Å². The summed E-state index contributed by atoms with van der Waals surface area (Å²) in [4.78, 5) is 4.50. The van der Waals surface area contributed by atoms with Crippen molar-refractivity contribution >= 4 is 11.0 Å². The molecule has 0 radical (unpaired) electrons. The highest BCUT2D eigenvalue weighted by Gasteiger charge is 2.24. The third-order valence-corrected chi connectivity index (χ3v) is 3.87. The molecule has 1 N–H and O–H groups in total. The Morgan fingerprint density at radius 2 is 2.28 bits per heavy atom. The number of para-hydroxylation sites is 1. The molecule has 3 rings (SSSR count). The second-order valence-electron chi connectivity index (χ2n) is 5.27. The minimum atomic E-state index is -0.238. The summed E-state index contributed by atoms with van der Waals surface area (Å²) < 4.78 is 15.7. The summed E-state index contributed by atoms with van der Waals surface area (Å²) in [6.07, 6.45) is 2.27. The number of hydrogen-bond donors (Lipinski definition) is 1. The van der Waals surface area contributed by atoms with Crippen LogP contribution in [0.1, 0.15) is 31.6 Å². The number of halogens is 1. The second-order valence-corrected chi connectivity index (χ2v) is 5.27. The SMILES string of the molecule is CC1CCNC(c2nc3c(F)cccc3n2C)C1. The monoisotopic (exact) mass is 247 g/mol. The molecule has 2 atom stereocenters. The molecule has 2 heterocycles. The Morgan fingerprint density at radius 3 is 3.00 bits per heavy atom. The average molecular weight is 247 g/mol. The lowest BCUT2D eigenvalue weighted by molar-refractivity contribution is 0.312. The molecule has 4 heteroatoms. The predicted molar refractivity (Wildman–Crippen MR) is 69.8 cm³/mol. The Morgan fingerprint density at radius 1 is 1.44 bits per heavy atom. The number of aromatic nitrogens is 2. The van der Waals surface area contributed by atoms with Gasteiger partial charge in [-0.05, 0) is 37.4 Å². The van der Waals surface area contributed by atoms with Gasteiger partial charge in [0, 0.05) is 7.05 Å². The first-order valence-corrected chi connectivity index (χ1v) is 6.51. The molecule has 0 saturated carbocycles. The first kappa shape index (κ1) is 11.7. The van der Waals surface area contributed by atoms with Gasteiger partial charge in [-0.15, -0.1) is 0 Å². The van der Waals surface area contributed by atoms with Crippen LogP contribution in [-0.4, -0.2) is 16.1 Å². The lowest BCUT2D eigenvalue weighted by Crippen LogP contribution is -2.32. The Balaban J connectivity index is 2.06. The molecule has 3 nitrogen and oxygen atoms in total. The van der Waals surface area contributed by atoms with Crippen molar-refractivity contribution < 1.29 is 4.39 Å². The number of hydrogen-bond acceptors (Lipinski definition) is 2. The Kier molecular flexibility index (Phi) is 2.82. The van der Waals surface area contributed by atoms with E-state index in [-0.39, 0.29) is 11.9 Å². The summed E-state index contributed by atoms with van der Waals surface area (Å²) in [5.74, 6) is 1.40.